The van der Waals surface area contributed by atoms with Crippen LogP contribution < -0.4 is 31.9 Å². The number of likely N-dealkylation sites (N-methyl/N-ethyl adjacent to an activating group) is 2. The number of nitrogens with one attached hydrogen (secondary N) is 6. The molecule has 2 unspecified atom stereocenters. The molecule has 13 nitrogen and oxygen atoms in total. The van der Waals surface area contributed by atoms with E-state index in [-0.39, 0.29) is 35.3 Å². The lowest BCUT2D eigenvalue weighted by Gasteiger charge is -2.25. The van der Waals surface area contributed by atoms with Crippen molar-refractivity contribution in [3.05, 3.63) is 108 Å². The Morgan fingerprint density at radius 3 is 1.40 bits per heavy atom. The fraction of sp³-hybridized carbons (Fsp3) is 0.429. The number of carbonyl (C=O) groups is 6. The molecular weight excluding hydrogens is 765 g/mol. The normalized spacial score (nSPS) is 13.8. The van der Waals surface area contributed by atoms with Gasteiger partial charge in [0.1, 0.15) is 24.2 Å². The molecule has 0 aliphatic rings. The number of hydrogen-bond acceptors (Lipinski definition) is 9. The minimum Gasteiger partial charge on any atom is -0.391 e. The van der Waals surface area contributed by atoms with Crippen LogP contribution in [0.4, 0.5) is 0 Å². The topological polar surface area (TPSA) is 195 Å². The van der Waals surface area contributed by atoms with Crippen LogP contribution in [0.15, 0.2) is 91.0 Å². The molecule has 15 heteroatoms. The van der Waals surface area contributed by atoms with Crippen molar-refractivity contribution in [1.82, 2.24) is 31.9 Å². The van der Waals surface area contributed by atoms with Gasteiger partial charge in [0.25, 0.3) is 0 Å². The van der Waals surface area contributed by atoms with E-state index in [0.29, 0.717) is 25.7 Å². The summed E-state index contributed by atoms with van der Waals surface area (Å²) in [5.41, 5.74) is 2.95. The highest BCUT2D eigenvalue weighted by atomic mass is 32.1. The fourth-order valence-electron chi connectivity index (χ4n) is 5.67. The van der Waals surface area contributed by atoms with Crippen LogP contribution in [0.2, 0.25) is 0 Å². The van der Waals surface area contributed by atoms with Crippen LogP contribution in [0.1, 0.15) is 50.3 Å². The summed E-state index contributed by atoms with van der Waals surface area (Å²) < 4.78 is 0. The Morgan fingerprint density at radius 2 is 1.00 bits per heavy atom. The molecule has 57 heavy (non-hydrogen) atoms. The lowest BCUT2D eigenvalue weighted by atomic mass is 10.0. The van der Waals surface area contributed by atoms with Crippen LogP contribution in [-0.2, 0) is 48.0 Å². The Morgan fingerprint density at radius 1 is 0.579 bits per heavy atom. The van der Waals surface area contributed by atoms with Crippen LogP contribution in [0.5, 0.6) is 0 Å². The summed E-state index contributed by atoms with van der Waals surface area (Å²) >= 11 is 8.29. The molecule has 3 aromatic carbocycles. The molecular formula is C42H58N6O7S2. The summed E-state index contributed by atoms with van der Waals surface area (Å²) in [6.45, 7) is 5.36. The van der Waals surface area contributed by atoms with Crippen molar-refractivity contribution in [3.63, 3.8) is 0 Å². The van der Waals surface area contributed by atoms with E-state index in [2.05, 4.69) is 57.2 Å². The maximum Gasteiger partial charge on any atom is 0.245 e. The number of hydrogen-bond donors (Lipinski definition) is 9. The van der Waals surface area contributed by atoms with Gasteiger partial charge in [0.15, 0.2) is 0 Å². The van der Waals surface area contributed by atoms with Crippen molar-refractivity contribution in [2.45, 2.75) is 88.4 Å². The van der Waals surface area contributed by atoms with Crippen molar-refractivity contribution >= 4 is 60.7 Å². The largest absolute Gasteiger partial charge is 0.391 e. The molecule has 0 fully saturated rings. The molecule has 6 amide bonds. The van der Waals surface area contributed by atoms with Crippen LogP contribution in [0.25, 0.3) is 0 Å². The van der Waals surface area contributed by atoms with E-state index in [0.717, 1.165) is 23.1 Å². The lowest BCUT2D eigenvalue weighted by molar-refractivity contribution is -0.133. The highest BCUT2D eigenvalue weighted by Gasteiger charge is 2.30. The minimum atomic E-state index is -1.16. The average molecular weight is 823 g/mol. The number of benzene rings is 3. The van der Waals surface area contributed by atoms with Crippen LogP contribution >= 0.6 is 25.3 Å². The molecule has 0 spiro atoms. The Kier molecular flexibility index (Phi) is 22.1. The number of aliphatic hydroxyl groups excluding tert-OH is 1. The predicted octanol–water partition coefficient (Wildman–Crippen LogP) is 2.18. The zero-order chi connectivity index (χ0) is 42.3. The zero-order valence-electron chi connectivity index (χ0n) is 33.2. The molecule has 0 heterocycles. The first kappa shape index (κ1) is 48.3. The molecule has 310 valence electrons. The maximum atomic E-state index is 13.1. The Balaban J connectivity index is 0.000000414. The van der Waals surface area contributed by atoms with Gasteiger partial charge >= 0.3 is 0 Å². The molecule has 0 bridgehead atoms. The molecule has 0 aliphatic carbocycles. The average Bonchev–Trinajstić information content (AvgIpc) is 3.21. The van der Waals surface area contributed by atoms with Crippen LogP contribution in [-0.4, -0.2) is 95.9 Å². The SMILES string of the molecule is CNC(=O)[C@H](Cc1ccccc1)NC(=O)[C@@H](NC(=O)CS)C(C)O.CNC(=O)[C@H](Cc1ccccc1)NC(=O)[C@H](CC(C)C)NC(=O)C(S)CCc1ccccc1. The van der Waals surface area contributed by atoms with E-state index in [1.807, 2.05) is 105 Å². The third-order valence-corrected chi connectivity index (χ3v) is 9.52. The molecule has 0 aromatic heterocycles. The molecule has 3 aromatic rings. The van der Waals surface area contributed by atoms with Gasteiger partial charge in [-0.25, -0.2) is 0 Å². The van der Waals surface area contributed by atoms with Gasteiger partial charge in [-0.1, -0.05) is 105 Å². The van der Waals surface area contributed by atoms with Gasteiger partial charge < -0.3 is 37.0 Å². The van der Waals surface area contributed by atoms with Crippen molar-refractivity contribution in [3.8, 4) is 0 Å². The third kappa shape index (κ3) is 18.3. The van der Waals surface area contributed by atoms with E-state index in [1.54, 1.807) is 0 Å². The van der Waals surface area contributed by atoms with E-state index >= 15 is 0 Å². The summed E-state index contributed by atoms with van der Waals surface area (Å²) in [6.07, 6.45) is 1.28. The maximum absolute atomic E-state index is 13.1. The zero-order valence-corrected chi connectivity index (χ0v) is 35.0. The van der Waals surface area contributed by atoms with Gasteiger partial charge in [-0.2, -0.15) is 25.3 Å². The monoisotopic (exact) mass is 822 g/mol. The summed E-state index contributed by atoms with van der Waals surface area (Å²) in [5, 5.41) is 24.9. The summed E-state index contributed by atoms with van der Waals surface area (Å²) in [6, 6.07) is 25.2. The number of rotatable bonds is 20. The molecule has 0 saturated carbocycles. The summed E-state index contributed by atoms with van der Waals surface area (Å²) in [4.78, 5) is 74.1. The summed E-state index contributed by atoms with van der Waals surface area (Å²) in [5.74, 6) is -2.35. The second-order valence-electron chi connectivity index (χ2n) is 13.9. The van der Waals surface area contributed by atoms with Gasteiger partial charge in [0, 0.05) is 26.9 Å². The Hall–Kier alpha value is -4.86. The number of aryl methyl sites for hydroxylation is 1. The van der Waals surface area contributed by atoms with Crippen LogP contribution in [0.3, 0.4) is 0 Å². The molecule has 0 saturated heterocycles. The van der Waals surface area contributed by atoms with Gasteiger partial charge in [-0.05, 0) is 48.8 Å². The van der Waals surface area contributed by atoms with Crippen molar-refractivity contribution in [2.24, 2.45) is 5.92 Å². The highest BCUT2D eigenvalue weighted by molar-refractivity contribution is 7.81. The second-order valence-corrected chi connectivity index (χ2v) is 14.8. The molecule has 7 N–H and O–H groups in total. The van der Waals surface area contributed by atoms with Gasteiger partial charge in [-0.3, -0.25) is 28.8 Å². The predicted molar refractivity (Wildman–Crippen MR) is 229 cm³/mol. The number of aliphatic hydroxyl groups is 1. The van der Waals surface area contributed by atoms with Crippen molar-refractivity contribution < 1.29 is 33.9 Å². The first-order chi connectivity index (χ1) is 27.2. The Labute approximate surface area is 347 Å². The molecule has 0 radical (unpaired) electrons. The van der Waals surface area contributed by atoms with Gasteiger partial charge in [0.05, 0.1) is 17.1 Å². The standard InChI is InChI=1S/C26H35N3O3S.C16H23N3O4S/c1-18(2)16-21(29-26(32)23(33)15-14-19-10-6-4-7-11-19)25(31)28-22(24(30)27-3)17-20-12-8-5-9-13-20;1-10(20)14(19-13(21)9-24)16(23)18-12(15(22)17-2)8-11-6-4-3-5-7-11/h4-13,18,21-23,33H,14-17H2,1-3H3,(H,27,30)(H,28,31)(H,29,32);3-7,10,12,14,20,24H,8-9H2,1-2H3,(H,17,22)(H,18,23)(H,19,21)/t21-,22-,23?;10?,12-,14-/m00/s1. The first-order valence-corrected chi connectivity index (χ1v) is 20.1. The van der Waals surface area contributed by atoms with Crippen LogP contribution in [0, 0.1) is 5.92 Å². The van der Waals surface area contributed by atoms with E-state index in [1.165, 1.54) is 21.0 Å². The molecule has 3 rings (SSSR count). The van der Waals surface area contributed by atoms with E-state index < -0.39 is 47.3 Å². The summed E-state index contributed by atoms with van der Waals surface area (Å²) in [7, 11) is 3.01. The highest BCUT2D eigenvalue weighted by Crippen LogP contribution is 2.13. The second kappa shape index (κ2) is 26.1. The first-order valence-electron chi connectivity index (χ1n) is 18.9. The third-order valence-electron chi connectivity index (χ3n) is 8.74. The molecule has 0 aliphatic heterocycles. The quantitative estimate of drug-likeness (QED) is 0.0780. The number of thiol groups is 2. The number of carbonyl (C=O) groups excluding carboxylic acids is 6. The van der Waals surface area contributed by atoms with Gasteiger partial charge in [0.2, 0.25) is 35.4 Å². The number of amides is 6. The smallest absolute Gasteiger partial charge is 0.245 e. The van der Waals surface area contributed by atoms with Gasteiger partial charge in [-0.15, -0.1) is 0 Å². The van der Waals surface area contributed by atoms with E-state index in [4.69, 9.17) is 0 Å². The Bertz CT molecular complexity index is 1700. The fourth-order valence-corrected chi connectivity index (χ4v) is 5.97. The lowest BCUT2D eigenvalue weighted by Crippen LogP contribution is -2.57. The van der Waals surface area contributed by atoms with Crippen molar-refractivity contribution in [2.75, 3.05) is 19.8 Å². The minimum absolute atomic E-state index is 0.112. The van der Waals surface area contributed by atoms with Crippen molar-refractivity contribution in [1.29, 1.82) is 0 Å². The molecule has 6 atom stereocenters. The van der Waals surface area contributed by atoms with E-state index in [9.17, 15) is 33.9 Å².